The molecule has 1 aromatic heterocycles. The SMILES string of the molecule is Cc1ccc(CNc2nncc(Nc3c(Cl)cccc3Cl)n2)cc1. The van der Waals surface area contributed by atoms with Gasteiger partial charge in [-0.15, -0.1) is 5.10 Å². The Bertz CT molecular complexity index is 816. The summed E-state index contributed by atoms with van der Waals surface area (Å²) in [7, 11) is 0. The summed E-state index contributed by atoms with van der Waals surface area (Å²) in [5.74, 6) is 0.926. The van der Waals surface area contributed by atoms with Gasteiger partial charge in [0.15, 0.2) is 5.82 Å². The Morgan fingerprint density at radius 2 is 1.71 bits per heavy atom. The van der Waals surface area contributed by atoms with Crippen LogP contribution < -0.4 is 10.6 Å². The minimum absolute atomic E-state index is 0.420. The van der Waals surface area contributed by atoms with E-state index < -0.39 is 0 Å². The van der Waals surface area contributed by atoms with Gasteiger partial charge < -0.3 is 10.6 Å². The summed E-state index contributed by atoms with van der Waals surface area (Å²) in [4.78, 5) is 4.37. The number of nitrogens with zero attached hydrogens (tertiary/aromatic N) is 3. The van der Waals surface area contributed by atoms with Crippen molar-refractivity contribution in [3.8, 4) is 0 Å². The third kappa shape index (κ3) is 4.13. The molecule has 0 spiro atoms. The zero-order chi connectivity index (χ0) is 16.9. The third-order valence-corrected chi connectivity index (χ3v) is 3.98. The molecule has 5 nitrogen and oxygen atoms in total. The summed E-state index contributed by atoms with van der Waals surface area (Å²) in [6.45, 7) is 2.66. The van der Waals surface area contributed by atoms with Gasteiger partial charge in [-0.1, -0.05) is 59.1 Å². The first-order valence-corrected chi connectivity index (χ1v) is 8.07. The molecular weight excluding hydrogens is 345 g/mol. The van der Waals surface area contributed by atoms with Gasteiger partial charge in [0.1, 0.15) is 0 Å². The van der Waals surface area contributed by atoms with Crippen molar-refractivity contribution >= 4 is 40.7 Å². The number of para-hydroxylation sites is 1. The minimum Gasteiger partial charge on any atom is -0.349 e. The van der Waals surface area contributed by atoms with Crippen molar-refractivity contribution in [3.05, 3.63) is 69.8 Å². The second kappa shape index (κ2) is 7.47. The second-order valence-electron chi connectivity index (χ2n) is 5.23. The van der Waals surface area contributed by atoms with E-state index in [4.69, 9.17) is 23.2 Å². The number of halogens is 2. The molecule has 3 aromatic rings. The van der Waals surface area contributed by atoms with Crippen LogP contribution in [0.5, 0.6) is 0 Å². The number of hydrogen-bond donors (Lipinski definition) is 2. The van der Waals surface area contributed by atoms with Crippen molar-refractivity contribution in [3.63, 3.8) is 0 Å². The maximum absolute atomic E-state index is 6.15. The molecule has 3 rings (SSSR count). The van der Waals surface area contributed by atoms with Crippen molar-refractivity contribution < 1.29 is 0 Å². The molecule has 0 aliphatic rings. The van der Waals surface area contributed by atoms with Gasteiger partial charge in [-0.3, -0.25) is 0 Å². The topological polar surface area (TPSA) is 62.7 Å². The average Bonchev–Trinajstić information content (AvgIpc) is 2.58. The molecule has 2 N–H and O–H groups in total. The molecule has 0 aliphatic heterocycles. The quantitative estimate of drug-likeness (QED) is 0.682. The first kappa shape index (κ1) is 16.5. The monoisotopic (exact) mass is 359 g/mol. The number of aryl methyl sites for hydroxylation is 1. The smallest absolute Gasteiger partial charge is 0.244 e. The van der Waals surface area contributed by atoms with Crippen LogP contribution in [-0.2, 0) is 6.54 Å². The highest BCUT2D eigenvalue weighted by atomic mass is 35.5. The van der Waals surface area contributed by atoms with E-state index in [1.165, 1.54) is 11.8 Å². The molecule has 24 heavy (non-hydrogen) atoms. The summed E-state index contributed by atoms with van der Waals surface area (Å²) >= 11 is 12.3. The standard InChI is InChI=1S/C17H15Cl2N5/c1-11-5-7-12(8-6-11)9-20-17-23-15(10-21-24-17)22-16-13(18)3-2-4-14(16)19/h2-8,10H,9H2,1H3,(H2,20,22,23,24). The number of aromatic nitrogens is 3. The van der Waals surface area contributed by atoms with Crippen LogP contribution in [0.2, 0.25) is 10.0 Å². The molecule has 0 amide bonds. The van der Waals surface area contributed by atoms with Crippen LogP contribution in [-0.4, -0.2) is 15.2 Å². The van der Waals surface area contributed by atoms with Crippen molar-refractivity contribution in [2.24, 2.45) is 0 Å². The zero-order valence-electron chi connectivity index (χ0n) is 12.9. The Morgan fingerprint density at radius 3 is 2.42 bits per heavy atom. The maximum atomic E-state index is 6.15. The molecule has 0 fully saturated rings. The van der Waals surface area contributed by atoms with E-state index in [0.717, 1.165) is 5.56 Å². The van der Waals surface area contributed by atoms with Gasteiger partial charge in [0.2, 0.25) is 5.95 Å². The number of rotatable bonds is 5. The summed E-state index contributed by atoms with van der Waals surface area (Å²) in [5, 5.41) is 15.2. The summed E-state index contributed by atoms with van der Waals surface area (Å²) in [5.41, 5.74) is 2.95. The number of anilines is 3. The van der Waals surface area contributed by atoms with Crippen molar-refractivity contribution in [2.75, 3.05) is 10.6 Å². The molecule has 7 heteroatoms. The van der Waals surface area contributed by atoms with Gasteiger partial charge in [-0.25, -0.2) is 0 Å². The maximum Gasteiger partial charge on any atom is 0.244 e. The number of hydrogen-bond acceptors (Lipinski definition) is 5. The Morgan fingerprint density at radius 1 is 1.00 bits per heavy atom. The lowest BCUT2D eigenvalue weighted by Gasteiger charge is -2.10. The Kier molecular flexibility index (Phi) is 5.13. The average molecular weight is 360 g/mol. The van der Waals surface area contributed by atoms with E-state index >= 15 is 0 Å². The lowest BCUT2D eigenvalue weighted by Crippen LogP contribution is -2.06. The van der Waals surface area contributed by atoms with Gasteiger partial charge in [-0.05, 0) is 24.6 Å². The van der Waals surface area contributed by atoms with Crippen molar-refractivity contribution in [2.45, 2.75) is 13.5 Å². The highest BCUT2D eigenvalue weighted by Gasteiger charge is 2.07. The van der Waals surface area contributed by atoms with Crippen molar-refractivity contribution in [1.29, 1.82) is 0 Å². The minimum atomic E-state index is 0.420. The molecule has 0 unspecified atom stereocenters. The van der Waals surface area contributed by atoms with Crippen LogP contribution in [0.1, 0.15) is 11.1 Å². The summed E-state index contributed by atoms with van der Waals surface area (Å²) in [6, 6.07) is 13.5. The normalized spacial score (nSPS) is 10.5. The highest BCUT2D eigenvalue weighted by Crippen LogP contribution is 2.31. The summed E-state index contributed by atoms with van der Waals surface area (Å²) < 4.78 is 0. The van der Waals surface area contributed by atoms with Gasteiger partial charge in [0.25, 0.3) is 0 Å². The van der Waals surface area contributed by atoms with Crippen LogP contribution in [0.25, 0.3) is 0 Å². The van der Waals surface area contributed by atoms with Gasteiger partial charge in [-0.2, -0.15) is 10.1 Å². The predicted octanol–water partition coefficient (Wildman–Crippen LogP) is 4.84. The lowest BCUT2D eigenvalue weighted by molar-refractivity contribution is 0.948. The molecule has 1 heterocycles. The first-order chi connectivity index (χ1) is 11.6. The highest BCUT2D eigenvalue weighted by molar-refractivity contribution is 6.39. The number of benzene rings is 2. The molecule has 0 saturated carbocycles. The molecule has 2 aromatic carbocycles. The van der Waals surface area contributed by atoms with Crippen LogP contribution >= 0.6 is 23.2 Å². The largest absolute Gasteiger partial charge is 0.349 e. The Labute approximate surface area is 150 Å². The van der Waals surface area contributed by atoms with Crippen molar-refractivity contribution in [1.82, 2.24) is 15.2 Å². The van der Waals surface area contributed by atoms with Gasteiger partial charge >= 0.3 is 0 Å². The number of nitrogens with one attached hydrogen (secondary N) is 2. The van der Waals surface area contributed by atoms with Crippen LogP contribution in [0.4, 0.5) is 17.5 Å². The predicted molar refractivity (Wildman–Crippen MR) is 98.1 cm³/mol. The molecule has 0 bridgehead atoms. The fourth-order valence-corrected chi connectivity index (χ4v) is 2.56. The van der Waals surface area contributed by atoms with E-state index in [0.29, 0.717) is 34.0 Å². The van der Waals surface area contributed by atoms with Crippen LogP contribution in [0.3, 0.4) is 0 Å². The van der Waals surface area contributed by atoms with Crippen LogP contribution in [0, 0.1) is 6.92 Å². The molecular formula is C17H15Cl2N5. The molecule has 0 aliphatic carbocycles. The third-order valence-electron chi connectivity index (χ3n) is 3.35. The zero-order valence-corrected chi connectivity index (χ0v) is 14.4. The van der Waals surface area contributed by atoms with E-state index in [-0.39, 0.29) is 0 Å². The second-order valence-corrected chi connectivity index (χ2v) is 6.04. The van der Waals surface area contributed by atoms with E-state index in [9.17, 15) is 0 Å². The fraction of sp³-hybridized carbons (Fsp3) is 0.118. The van der Waals surface area contributed by atoms with Gasteiger partial charge in [0, 0.05) is 6.54 Å². The Hall–Kier alpha value is -2.37. The van der Waals surface area contributed by atoms with E-state index in [2.05, 4.69) is 57.0 Å². The molecule has 122 valence electrons. The Balaban J connectivity index is 1.71. The molecule has 0 atom stereocenters. The summed E-state index contributed by atoms with van der Waals surface area (Å²) in [6.07, 6.45) is 1.51. The van der Waals surface area contributed by atoms with Gasteiger partial charge in [0.05, 0.1) is 21.9 Å². The van der Waals surface area contributed by atoms with E-state index in [1.54, 1.807) is 18.2 Å². The lowest BCUT2D eigenvalue weighted by atomic mass is 10.1. The van der Waals surface area contributed by atoms with E-state index in [1.807, 2.05) is 0 Å². The molecule has 0 saturated heterocycles. The molecule has 0 radical (unpaired) electrons. The fourth-order valence-electron chi connectivity index (χ4n) is 2.07. The first-order valence-electron chi connectivity index (χ1n) is 7.32. The van der Waals surface area contributed by atoms with Crippen LogP contribution in [0.15, 0.2) is 48.7 Å².